The molecule has 0 saturated heterocycles. The Morgan fingerprint density at radius 1 is 1.00 bits per heavy atom. The van der Waals surface area contributed by atoms with Crippen molar-refractivity contribution in [2.75, 3.05) is 16.9 Å². The van der Waals surface area contributed by atoms with E-state index < -0.39 is 0 Å². The van der Waals surface area contributed by atoms with Gasteiger partial charge in [-0.25, -0.2) is 0 Å². The first-order valence-corrected chi connectivity index (χ1v) is 10.9. The van der Waals surface area contributed by atoms with Gasteiger partial charge in [-0.15, -0.1) is 0 Å². The summed E-state index contributed by atoms with van der Waals surface area (Å²) in [5.41, 5.74) is 3.13. The fourth-order valence-corrected chi connectivity index (χ4v) is 4.52. The van der Waals surface area contributed by atoms with Gasteiger partial charge in [-0.2, -0.15) is 0 Å². The summed E-state index contributed by atoms with van der Waals surface area (Å²) in [6.45, 7) is 3.58. The minimum absolute atomic E-state index is 0.0609. The number of fused-ring (bicyclic) bond motifs is 1. The van der Waals surface area contributed by atoms with Crippen LogP contribution in [0.15, 0.2) is 72.8 Å². The Morgan fingerprint density at radius 2 is 1.66 bits per heavy atom. The maximum atomic E-state index is 13.5. The van der Waals surface area contributed by atoms with Gasteiger partial charge < -0.3 is 14.5 Å². The summed E-state index contributed by atoms with van der Waals surface area (Å²) in [6, 6.07) is 21.9. The molecule has 2 amide bonds. The lowest BCUT2D eigenvalue weighted by molar-refractivity contribution is -0.117. The lowest BCUT2D eigenvalue weighted by Crippen LogP contribution is -2.47. The molecule has 0 bridgehead atoms. The maximum Gasteiger partial charge on any atom is 0.258 e. The van der Waals surface area contributed by atoms with Crippen LogP contribution in [0.4, 0.5) is 11.4 Å². The van der Waals surface area contributed by atoms with Crippen LogP contribution in [0.5, 0.6) is 5.75 Å². The zero-order valence-corrected chi connectivity index (χ0v) is 19.0. The van der Waals surface area contributed by atoms with Crippen LogP contribution < -0.4 is 14.5 Å². The zero-order valence-electron chi connectivity index (χ0n) is 18.3. The van der Waals surface area contributed by atoms with Crippen LogP contribution in [0.1, 0.15) is 42.2 Å². The van der Waals surface area contributed by atoms with Crippen LogP contribution >= 0.6 is 11.6 Å². The molecule has 2 atom stereocenters. The van der Waals surface area contributed by atoms with Gasteiger partial charge in [-0.3, -0.25) is 9.59 Å². The average molecular weight is 449 g/mol. The number of ether oxygens (including phenoxy) is 1. The fourth-order valence-electron chi connectivity index (χ4n) is 4.39. The number of para-hydroxylation sites is 1. The molecule has 3 aromatic carbocycles. The average Bonchev–Trinajstić information content (AvgIpc) is 2.80. The van der Waals surface area contributed by atoms with Crippen LogP contribution in [0.3, 0.4) is 0 Å². The maximum absolute atomic E-state index is 13.5. The van der Waals surface area contributed by atoms with Crippen LogP contribution in [0.2, 0.25) is 5.02 Å². The van der Waals surface area contributed by atoms with Crippen molar-refractivity contribution >= 4 is 34.8 Å². The number of nitrogens with zero attached hydrogens (tertiary/aromatic N) is 2. The molecule has 0 N–H and O–H groups in total. The SMILES string of the molecule is COc1ccc(C(=O)N2c3ccccc3[C@@H](N(C(C)=O)c3ccc(Cl)cc3)C[C@H]2C)cc1. The van der Waals surface area contributed by atoms with Gasteiger partial charge in [0.1, 0.15) is 5.75 Å². The third-order valence-electron chi connectivity index (χ3n) is 5.87. The summed E-state index contributed by atoms with van der Waals surface area (Å²) in [5, 5.41) is 0.617. The molecule has 1 aliphatic rings. The number of halogens is 1. The second-order valence-corrected chi connectivity index (χ2v) is 8.36. The monoisotopic (exact) mass is 448 g/mol. The second kappa shape index (κ2) is 9.05. The predicted octanol–water partition coefficient (Wildman–Crippen LogP) is 5.88. The molecule has 4 rings (SSSR count). The summed E-state index contributed by atoms with van der Waals surface area (Å²) in [7, 11) is 1.60. The number of amides is 2. The van der Waals surface area contributed by atoms with E-state index in [1.165, 1.54) is 0 Å². The van der Waals surface area contributed by atoms with E-state index in [9.17, 15) is 9.59 Å². The number of hydrogen-bond acceptors (Lipinski definition) is 3. The number of hydrogen-bond donors (Lipinski definition) is 0. The Kier molecular flexibility index (Phi) is 6.19. The van der Waals surface area contributed by atoms with E-state index in [0.717, 1.165) is 16.9 Å². The number of methoxy groups -OCH3 is 1. The van der Waals surface area contributed by atoms with E-state index in [1.54, 1.807) is 55.3 Å². The molecular weight excluding hydrogens is 424 g/mol. The molecule has 0 aromatic heterocycles. The smallest absolute Gasteiger partial charge is 0.258 e. The summed E-state index contributed by atoms with van der Waals surface area (Å²) in [4.78, 5) is 29.8. The van der Waals surface area contributed by atoms with Crippen molar-refractivity contribution in [3.8, 4) is 5.75 Å². The Morgan fingerprint density at radius 3 is 2.28 bits per heavy atom. The zero-order chi connectivity index (χ0) is 22.8. The molecular formula is C26H25ClN2O3. The largest absolute Gasteiger partial charge is 0.497 e. The predicted molar refractivity (Wildman–Crippen MR) is 128 cm³/mol. The molecule has 164 valence electrons. The molecule has 0 saturated carbocycles. The molecule has 6 heteroatoms. The minimum atomic E-state index is -0.195. The number of anilines is 2. The van der Waals surface area contributed by atoms with E-state index in [2.05, 4.69) is 0 Å². The topological polar surface area (TPSA) is 49.9 Å². The summed E-state index contributed by atoms with van der Waals surface area (Å²) in [6.07, 6.45) is 0.612. The normalized spacial score (nSPS) is 17.4. The van der Waals surface area contributed by atoms with Crippen LogP contribution in [0.25, 0.3) is 0 Å². The van der Waals surface area contributed by atoms with Gasteiger partial charge in [0.25, 0.3) is 5.91 Å². The standard InChI is InChI=1S/C26H25ClN2O3/c1-17-16-25(29(18(2)30)21-12-10-20(27)11-13-21)23-6-4-5-7-24(23)28(17)26(31)19-8-14-22(32-3)15-9-19/h4-15,17,25H,16H2,1-3H3/t17-,25+/m1/s1. The molecule has 1 heterocycles. The molecule has 0 radical (unpaired) electrons. The third kappa shape index (κ3) is 4.08. The summed E-state index contributed by atoms with van der Waals surface area (Å²) < 4.78 is 5.21. The highest BCUT2D eigenvalue weighted by Gasteiger charge is 2.38. The highest BCUT2D eigenvalue weighted by molar-refractivity contribution is 6.30. The number of carbonyl (C=O) groups excluding carboxylic acids is 2. The number of rotatable bonds is 4. The lowest BCUT2D eigenvalue weighted by atomic mass is 9.89. The summed E-state index contributed by atoms with van der Waals surface area (Å²) >= 11 is 6.06. The van der Waals surface area contributed by atoms with Gasteiger partial charge in [-0.05, 0) is 73.5 Å². The Labute approximate surface area is 193 Å². The Bertz CT molecular complexity index is 1130. The highest BCUT2D eigenvalue weighted by atomic mass is 35.5. The quantitative estimate of drug-likeness (QED) is 0.500. The van der Waals surface area contributed by atoms with Crippen LogP contribution in [-0.2, 0) is 4.79 Å². The third-order valence-corrected chi connectivity index (χ3v) is 6.12. The van der Waals surface area contributed by atoms with Crippen LogP contribution in [0, 0.1) is 0 Å². The van der Waals surface area contributed by atoms with Gasteiger partial charge in [0.15, 0.2) is 0 Å². The highest BCUT2D eigenvalue weighted by Crippen LogP contribution is 2.42. The molecule has 0 aliphatic carbocycles. The molecule has 1 aliphatic heterocycles. The minimum Gasteiger partial charge on any atom is -0.497 e. The van der Waals surface area contributed by atoms with Gasteiger partial charge in [0.05, 0.1) is 13.2 Å². The molecule has 0 spiro atoms. The van der Waals surface area contributed by atoms with E-state index >= 15 is 0 Å². The van der Waals surface area contributed by atoms with Gasteiger partial charge in [0.2, 0.25) is 5.91 Å². The fraction of sp³-hybridized carbons (Fsp3) is 0.231. The first-order chi connectivity index (χ1) is 15.4. The number of carbonyl (C=O) groups is 2. The van der Waals surface area contributed by atoms with E-state index in [1.807, 2.05) is 48.2 Å². The van der Waals surface area contributed by atoms with Crippen molar-refractivity contribution in [1.29, 1.82) is 0 Å². The van der Waals surface area contributed by atoms with Crippen molar-refractivity contribution in [2.45, 2.75) is 32.4 Å². The lowest BCUT2D eigenvalue weighted by Gasteiger charge is -2.43. The first kappa shape index (κ1) is 21.9. The van der Waals surface area contributed by atoms with Gasteiger partial charge in [-0.1, -0.05) is 29.8 Å². The van der Waals surface area contributed by atoms with Crippen molar-refractivity contribution in [2.24, 2.45) is 0 Å². The first-order valence-electron chi connectivity index (χ1n) is 10.5. The van der Waals surface area contributed by atoms with E-state index in [-0.39, 0.29) is 23.9 Å². The molecule has 5 nitrogen and oxygen atoms in total. The summed E-state index contributed by atoms with van der Waals surface area (Å²) in [5.74, 6) is 0.565. The molecule has 0 fully saturated rings. The van der Waals surface area contributed by atoms with E-state index in [4.69, 9.17) is 16.3 Å². The van der Waals surface area contributed by atoms with Crippen molar-refractivity contribution in [3.05, 3.63) is 88.9 Å². The van der Waals surface area contributed by atoms with Gasteiger partial charge >= 0.3 is 0 Å². The molecule has 3 aromatic rings. The molecule has 32 heavy (non-hydrogen) atoms. The van der Waals surface area contributed by atoms with Crippen molar-refractivity contribution in [3.63, 3.8) is 0 Å². The van der Waals surface area contributed by atoms with Gasteiger partial charge in [0, 0.05) is 34.9 Å². The van der Waals surface area contributed by atoms with E-state index in [0.29, 0.717) is 22.8 Å². The van der Waals surface area contributed by atoms with Crippen molar-refractivity contribution in [1.82, 2.24) is 0 Å². The van der Waals surface area contributed by atoms with Crippen LogP contribution in [-0.4, -0.2) is 25.0 Å². The van der Waals surface area contributed by atoms with Crippen molar-refractivity contribution < 1.29 is 14.3 Å². The molecule has 0 unspecified atom stereocenters. The Hall–Kier alpha value is -3.31. The number of benzene rings is 3. The Balaban J connectivity index is 1.75. The second-order valence-electron chi connectivity index (χ2n) is 7.93.